The molecule has 0 unspecified atom stereocenters. The fourth-order valence-corrected chi connectivity index (χ4v) is 4.58. The normalized spacial score (nSPS) is 15.6. The number of nitrogens with one attached hydrogen (secondary N) is 1. The Hall–Kier alpha value is -2.80. The first kappa shape index (κ1) is 17.6. The van der Waals surface area contributed by atoms with E-state index in [-0.39, 0.29) is 11.7 Å². The van der Waals surface area contributed by atoms with Gasteiger partial charge in [-0.25, -0.2) is 9.07 Å². The van der Waals surface area contributed by atoms with Gasteiger partial charge in [-0.15, -0.1) is 0 Å². The number of nitrogens with zero attached hydrogens (tertiary/aromatic N) is 2. The van der Waals surface area contributed by atoms with E-state index >= 15 is 0 Å². The first-order valence-corrected chi connectivity index (χ1v) is 10.0. The van der Waals surface area contributed by atoms with Crippen molar-refractivity contribution in [2.75, 3.05) is 5.32 Å². The van der Waals surface area contributed by atoms with Crippen molar-refractivity contribution in [3.8, 4) is 5.69 Å². The van der Waals surface area contributed by atoms with E-state index in [1.165, 1.54) is 12.1 Å². The molecule has 1 aromatic heterocycles. The van der Waals surface area contributed by atoms with Crippen molar-refractivity contribution in [1.82, 2.24) is 9.78 Å². The van der Waals surface area contributed by atoms with Crippen LogP contribution in [-0.2, 0) is 22.3 Å². The van der Waals surface area contributed by atoms with Gasteiger partial charge in [0.15, 0.2) is 0 Å². The maximum Gasteiger partial charge on any atom is 0.256 e. The fraction of sp³-hybridized carbons (Fsp3) is 0.200. The molecule has 1 amide bonds. The second-order valence-electron chi connectivity index (χ2n) is 6.72. The number of anilines is 1. The molecule has 1 atom stereocenters. The molecule has 0 saturated heterocycles. The van der Waals surface area contributed by atoms with Crippen LogP contribution in [0.1, 0.15) is 32.7 Å². The Morgan fingerprint density at radius 2 is 1.78 bits per heavy atom. The van der Waals surface area contributed by atoms with Crippen LogP contribution in [-0.4, -0.2) is 19.9 Å². The van der Waals surface area contributed by atoms with E-state index in [1.807, 2.05) is 32.0 Å². The van der Waals surface area contributed by atoms with Crippen LogP contribution >= 0.6 is 0 Å². The minimum Gasteiger partial charge on any atom is -0.306 e. The molecular weight excluding hydrogens is 365 g/mol. The molecule has 1 N–H and O–H groups in total. The molecule has 138 valence electrons. The lowest BCUT2D eigenvalue weighted by Crippen LogP contribution is -2.17. The molecule has 4 rings (SSSR count). The van der Waals surface area contributed by atoms with E-state index in [1.54, 1.807) is 16.8 Å². The highest BCUT2D eigenvalue weighted by Crippen LogP contribution is 2.31. The summed E-state index contributed by atoms with van der Waals surface area (Å²) in [6.45, 7) is 3.88. The molecule has 2 aromatic carbocycles. The average Bonchev–Trinajstić information content (AvgIpc) is 3.12. The van der Waals surface area contributed by atoms with Gasteiger partial charge >= 0.3 is 0 Å². The van der Waals surface area contributed by atoms with Crippen LogP contribution in [0.3, 0.4) is 0 Å². The van der Waals surface area contributed by atoms with E-state index in [9.17, 15) is 13.4 Å². The highest BCUT2D eigenvalue weighted by Gasteiger charge is 2.28. The fourth-order valence-electron chi connectivity index (χ4n) is 3.31. The van der Waals surface area contributed by atoms with Crippen molar-refractivity contribution in [3.63, 3.8) is 0 Å². The summed E-state index contributed by atoms with van der Waals surface area (Å²) in [6, 6.07) is 11.5. The van der Waals surface area contributed by atoms with Crippen molar-refractivity contribution in [1.29, 1.82) is 0 Å². The van der Waals surface area contributed by atoms with E-state index < -0.39 is 10.8 Å². The van der Waals surface area contributed by atoms with E-state index in [4.69, 9.17) is 0 Å². The number of hydrogen-bond acceptors (Lipinski definition) is 3. The van der Waals surface area contributed by atoms with E-state index in [2.05, 4.69) is 10.4 Å². The van der Waals surface area contributed by atoms with Gasteiger partial charge < -0.3 is 5.32 Å². The third-order valence-corrected chi connectivity index (χ3v) is 5.66. The zero-order valence-electron chi connectivity index (χ0n) is 15.0. The maximum atomic E-state index is 13.3. The van der Waals surface area contributed by atoms with Gasteiger partial charge in [-0.1, -0.05) is 17.2 Å². The quantitative estimate of drug-likeness (QED) is 0.751. The molecule has 0 spiro atoms. The Bertz CT molecular complexity index is 1050. The molecule has 2 heterocycles. The third kappa shape index (κ3) is 3.42. The molecule has 0 fully saturated rings. The topological polar surface area (TPSA) is 64.0 Å². The first-order chi connectivity index (χ1) is 12.9. The molecule has 3 aromatic rings. The SMILES string of the molecule is Cc1cc(C)cc(C(=O)Nc2c3c(nn2-c2ccc(F)cc2)C[S@@](=O)C3)c1. The number of benzene rings is 2. The summed E-state index contributed by atoms with van der Waals surface area (Å²) >= 11 is 0. The summed E-state index contributed by atoms with van der Waals surface area (Å²) in [5.41, 5.74) is 4.65. The zero-order valence-corrected chi connectivity index (χ0v) is 15.8. The van der Waals surface area contributed by atoms with Crippen molar-refractivity contribution in [2.45, 2.75) is 25.4 Å². The van der Waals surface area contributed by atoms with Crippen molar-refractivity contribution in [3.05, 3.63) is 76.2 Å². The van der Waals surface area contributed by atoms with Crippen LogP contribution in [0.4, 0.5) is 10.2 Å². The summed E-state index contributed by atoms with van der Waals surface area (Å²) < 4.78 is 26.8. The number of rotatable bonds is 3. The molecule has 1 aliphatic rings. The maximum absolute atomic E-state index is 13.3. The molecule has 0 saturated carbocycles. The minimum absolute atomic E-state index is 0.259. The largest absolute Gasteiger partial charge is 0.306 e. The summed E-state index contributed by atoms with van der Waals surface area (Å²) in [5, 5.41) is 7.44. The van der Waals surface area contributed by atoms with Crippen molar-refractivity contribution in [2.24, 2.45) is 0 Å². The van der Waals surface area contributed by atoms with Crippen LogP contribution in [0, 0.1) is 19.7 Å². The molecular formula is C20H18FN3O2S. The number of halogens is 1. The number of fused-ring (bicyclic) bond motifs is 1. The Labute approximate surface area is 158 Å². The second-order valence-corrected chi connectivity index (χ2v) is 8.18. The van der Waals surface area contributed by atoms with Gasteiger partial charge in [-0.2, -0.15) is 5.10 Å². The van der Waals surface area contributed by atoms with Gasteiger partial charge in [-0.05, 0) is 50.2 Å². The Kier molecular flexibility index (Phi) is 4.39. The number of aromatic nitrogens is 2. The molecule has 7 heteroatoms. The number of hydrogen-bond donors (Lipinski definition) is 1. The first-order valence-electron chi connectivity index (χ1n) is 8.52. The monoisotopic (exact) mass is 383 g/mol. The third-order valence-electron chi connectivity index (χ3n) is 4.46. The standard InChI is InChI=1S/C20H18FN3O2S/c1-12-7-13(2)9-14(8-12)20(25)22-19-17-10-27(26)11-18(17)23-24(19)16-5-3-15(21)4-6-16/h3-9H,10-11H2,1-2H3,(H,22,25)/t27-/m0/s1. The van der Waals surface area contributed by atoms with Crippen molar-refractivity contribution < 1.29 is 13.4 Å². The van der Waals surface area contributed by atoms with Crippen LogP contribution in [0.5, 0.6) is 0 Å². The van der Waals surface area contributed by atoms with E-state index in [0.717, 1.165) is 16.7 Å². The second kappa shape index (κ2) is 6.74. The lowest BCUT2D eigenvalue weighted by molar-refractivity contribution is 0.102. The minimum atomic E-state index is -1.02. The number of aryl methyl sites for hydroxylation is 2. The van der Waals surface area contributed by atoms with Gasteiger partial charge in [0.25, 0.3) is 5.91 Å². The van der Waals surface area contributed by atoms with Crippen LogP contribution < -0.4 is 5.32 Å². The summed E-state index contributed by atoms with van der Waals surface area (Å²) in [4.78, 5) is 12.8. The highest BCUT2D eigenvalue weighted by atomic mass is 32.2. The highest BCUT2D eigenvalue weighted by molar-refractivity contribution is 7.83. The van der Waals surface area contributed by atoms with Gasteiger partial charge in [0.05, 0.1) is 22.9 Å². The molecule has 0 radical (unpaired) electrons. The van der Waals surface area contributed by atoms with Crippen LogP contribution in [0.15, 0.2) is 42.5 Å². The lowest BCUT2D eigenvalue weighted by Gasteiger charge is -2.12. The van der Waals surface area contributed by atoms with Gasteiger partial charge in [-0.3, -0.25) is 9.00 Å². The predicted octanol–water partition coefficient (Wildman–Crippen LogP) is 3.64. The van der Waals surface area contributed by atoms with Crippen LogP contribution in [0.2, 0.25) is 0 Å². The van der Waals surface area contributed by atoms with Gasteiger partial charge in [0.1, 0.15) is 11.6 Å². The molecule has 1 aliphatic heterocycles. The summed E-state index contributed by atoms with van der Waals surface area (Å²) in [6.07, 6.45) is 0. The summed E-state index contributed by atoms with van der Waals surface area (Å²) in [5.74, 6) is 0.590. The lowest BCUT2D eigenvalue weighted by atomic mass is 10.1. The van der Waals surface area contributed by atoms with Gasteiger partial charge in [0, 0.05) is 21.9 Å². The predicted molar refractivity (Wildman–Crippen MR) is 103 cm³/mol. The molecule has 5 nitrogen and oxygen atoms in total. The smallest absolute Gasteiger partial charge is 0.256 e. The van der Waals surface area contributed by atoms with E-state index in [0.29, 0.717) is 34.3 Å². The number of carbonyl (C=O) groups is 1. The van der Waals surface area contributed by atoms with Crippen LogP contribution in [0.25, 0.3) is 5.69 Å². The number of carbonyl (C=O) groups excluding carboxylic acids is 1. The Morgan fingerprint density at radius 1 is 1.11 bits per heavy atom. The van der Waals surface area contributed by atoms with Crippen molar-refractivity contribution >= 4 is 22.5 Å². The van der Waals surface area contributed by atoms with Gasteiger partial charge in [0.2, 0.25) is 0 Å². The molecule has 27 heavy (non-hydrogen) atoms. The number of amides is 1. The zero-order chi connectivity index (χ0) is 19.1. The Balaban J connectivity index is 1.76. The Morgan fingerprint density at radius 3 is 2.44 bits per heavy atom. The summed E-state index contributed by atoms with van der Waals surface area (Å²) in [7, 11) is -1.02. The average molecular weight is 383 g/mol. The molecule has 0 bridgehead atoms. The molecule has 0 aliphatic carbocycles.